The van der Waals surface area contributed by atoms with Gasteiger partial charge in [0.25, 0.3) is 0 Å². The minimum absolute atomic E-state index is 0.472. The van der Waals surface area contributed by atoms with Gasteiger partial charge >= 0.3 is 0 Å². The lowest BCUT2D eigenvalue weighted by atomic mass is 10.2. The van der Waals surface area contributed by atoms with Crippen LogP contribution in [0.2, 0.25) is 0 Å². The SMILES string of the molecule is O=Nc1cc(Br)ccc1NCC1CC1. The number of hydrogen-bond acceptors (Lipinski definition) is 3. The van der Waals surface area contributed by atoms with Crippen molar-refractivity contribution in [2.45, 2.75) is 12.8 Å². The molecule has 2 rings (SSSR count). The van der Waals surface area contributed by atoms with Crippen molar-refractivity contribution in [3.8, 4) is 0 Å². The molecule has 0 unspecified atom stereocenters. The molecule has 1 aromatic rings. The Morgan fingerprint density at radius 1 is 1.50 bits per heavy atom. The third-order valence-electron chi connectivity index (χ3n) is 2.34. The summed E-state index contributed by atoms with van der Waals surface area (Å²) in [5.41, 5.74) is 1.30. The molecule has 1 fully saturated rings. The van der Waals surface area contributed by atoms with Crippen LogP contribution >= 0.6 is 15.9 Å². The average molecular weight is 255 g/mol. The summed E-state index contributed by atoms with van der Waals surface area (Å²) in [5.74, 6) is 0.790. The van der Waals surface area contributed by atoms with Gasteiger partial charge in [0, 0.05) is 11.0 Å². The molecule has 0 aliphatic heterocycles. The highest BCUT2D eigenvalue weighted by atomic mass is 79.9. The minimum atomic E-state index is 0.472. The van der Waals surface area contributed by atoms with Crippen LogP contribution in [0.1, 0.15) is 12.8 Å². The minimum Gasteiger partial charge on any atom is -0.383 e. The van der Waals surface area contributed by atoms with Gasteiger partial charge in [-0.05, 0) is 42.1 Å². The van der Waals surface area contributed by atoms with Crippen LogP contribution in [0.3, 0.4) is 0 Å². The summed E-state index contributed by atoms with van der Waals surface area (Å²) in [7, 11) is 0. The molecule has 0 heterocycles. The van der Waals surface area contributed by atoms with Crippen LogP contribution in [0.25, 0.3) is 0 Å². The van der Waals surface area contributed by atoms with E-state index in [9.17, 15) is 4.91 Å². The van der Waals surface area contributed by atoms with Crippen molar-refractivity contribution in [3.63, 3.8) is 0 Å². The number of benzene rings is 1. The molecule has 14 heavy (non-hydrogen) atoms. The number of halogens is 1. The fourth-order valence-corrected chi connectivity index (χ4v) is 1.66. The Labute approximate surface area is 91.0 Å². The van der Waals surface area contributed by atoms with E-state index in [2.05, 4.69) is 26.4 Å². The quantitative estimate of drug-likeness (QED) is 0.834. The normalized spacial score (nSPS) is 15.2. The monoisotopic (exact) mass is 254 g/mol. The molecule has 4 heteroatoms. The first-order valence-corrected chi connectivity index (χ1v) is 5.45. The average Bonchev–Trinajstić information content (AvgIpc) is 2.99. The van der Waals surface area contributed by atoms with E-state index in [1.54, 1.807) is 6.07 Å². The van der Waals surface area contributed by atoms with Gasteiger partial charge in [-0.3, -0.25) is 0 Å². The molecule has 1 aliphatic rings. The lowest BCUT2D eigenvalue weighted by Gasteiger charge is -2.06. The van der Waals surface area contributed by atoms with Crippen LogP contribution in [0, 0.1) is 10.8 Å². The first kappa shape index (κ1) is 9.65. The fourth-order valence-electron chi connectivity index (χ4n) is 1.31. The molecule has 1 N–H and O–H groups in total. The molecule has 0 saturated heterocycles. The highest BCUT2D eigenvalue weighted by Gasteiger charge is 2.20. The second-order valence-corrected chi connectivity index (χ2v) is 4.49. The molecule has 0 radical (unpaired) electrons. The van der Waals surface area contributed by atoms with E-state index in [0.29, 0.717) is 5.69 Å². The summed E-state index contributed by atoms with van der Waals surface area (Å²) < 4.78 is 0.879. The summed E-state index contributed by atoms with van der Waals surface area (Å²) in [6.07, 6.45) is 2.60. The summed E-state index contributed by atoms with van der Waals surface area (Å²) in [4.78, 5) is 10.5. The van der Waals surface area contributed by atoms with Crippen molar-refractivity contribution in [3.05, 3.63) is 27.6 Å². The maximum atomic E-state index is 10.5. The third kappa shape index (κ3) is 2.32. The molecule has 1 aromatic carbocycles. The van der Waals surface area contributed by atoms with Gasteiger partial charge in [0.2, 0.25) is 0 Å². The van der Waals surface area contributed by atoms with E-state index < -0.39 is 0 Å². The van der Waals surface area contributed by atoms with Crippen LogP contribution in [0.15, 0.2) is 27.8 Å². The van der Waals surface area contributed by atoms with Crippen molar-refractivity contribution in [2.75, 3.05) is 11.9 Å². The Kier molecular flexibility index (Phi) is 2.82. The standard InChI is InChI=1S/C10H11BrN2O/c11-8-3-4-9(10(5-8)13-14)12-6-7-1-2-7/h3-5,7,12H,1-2,6H2. The van der Waals surface area contributed by atoms with Crippen LogP contribution in [-0.4, -0.2) is 6.54 Å². The zero-order valence-corrected chi connectivity index (χ0v) is 9.25. The van der Waals surface area contributed by atoms with Gasteiger partial charge in [0.05, 0.1) is 5.69 Å². The molecule has 0 aromatic heterocycles. The highest BCUT2D eigenvalue weighted by molar-refractivity contribution is 9.10. The zero-order valence-electron chi connectivity index (χ0n) is 7.66. The van der Waals surface area contributed by atoms with E-state index in [0.717, 1.165) is 22.6 Å². The van der Waals surface area contributed by atoms with Crippen LogP contribution < -0.4 is 5.32 Å². The molecule has 3 nitrogen and oxygen atoms in total. The summed E-state index contributed by atoms with van der Waals surface area (Å²) in [6.45, 7) is 0.949. The lowest BCUT2D eigenvalue weighted by molar-refractivity contribution is 0.889. The van der Waals surface area contributed by atoms with Gasteiger partial charge in [-0.25, -0.2) is 0 Å². The smallest absolute Gasteiger partial charge is 0.132 e. The first-order valence-electron chi connectivity index (χ1n) is 4.66. The lowest BCUT2D eigenvalue weighted by Crippen LogP contribution is -2.02. The maximum Gasteiger partial charge on any atom is 0.132 e. The largest absolute Gasteiger partial charge is 0.383 e. The molecule has 0 bridgehead atoms. The summed E-state index contributed by atoms with van der Waals surface area (Å²) in [6, 6.07) is 5.51. The van der Waals surface area contributed by atoms with Crippen LogP contribution in [-0.2, 0) is 0 Å². The third-order valence-corrected chi connectivity index (χ3v) is 2.83. The number of anilines is 1. The fraction of sp³-hybridized carbons (Fsp3) is 0.400. The second-order valence-electron chi connectivity index (χ2n) is 3.58. The van der Waals surface area contributed by atoms with Crippen molar-refractivity contribution in [1.29, 1.82) is 0 Å². The maximum absolute atomic E-state index is 10.5. The Bertz CT molecular complexity index is 350. The van der Waals surface area contributed by atoms with Gasteiger partial charge in [0.1, 0.15) is 5.69 Å². The topological polar surface area (TPSA) is 41.5 Å². The Hall–Kier alpha value is -0.900. The van der Waals surface area contributed by atoms with E-state index in [4.69, 9.17) is 0 Å². The Balaban J connectivity index is 2.09. The van der Waals surface area contributed by atoms with Gasteiger partial charge in [-0.1, -0.05) is 15.9 Å². The van der Waals surface area contributed by atoms with E-state index in [1.807, 2.05) is 12.1 Å². The van der Waals surface area contributed by atoms with Crippen molar-refractivity contribution in [2.24, 2.45) is 11.1 Å². The van der Waals surface area contributed by atoms with Crippen LogP contribution in [0.5, 0.6) is 0 Å². The number of nitroso groups, excluding NO2 is 1. The van der Waals surface area contributed by atoms with Crippen molar-refractivity contribution < 1.29 is 0 Å². The van der Waals surface area contributed by atoms with E-state index in [-0.39, 0.29) is 0 Å². The predicted octanol–water partition coefficient (Wildman–Crippen LogP) is 3.67. The molecule has 1 aliphatic carbocycles. The Morgan fingerprint density at radius 2 is 2.29 bits per heavy atom. The van der Waals surface area contributed by atoms with Crippen molar-refractivity contribution >= 4 is 27.3 Å². The number of nitrogens with one attached hydrogen (secondary N) is 1. The summed E-state index contributed by atoms with van der Waals surface area (Å²) >= 11 is 3.30. The molecule has 0 atom stereocenters. The molecular weight excluding hydrogens is 244 g/mol. The van der Waals surface area contributed by atoms with Gasteiger partial charge < -0.3 is 5.32 Å². The van der Waals surface area contributed by atoms with E-state index >= 15 is 0 Å². The van der Waals surface area contributed by atoms with Gasteiger partial charge in [-0.2, -0.15) is 0 Å². The molecule has 74 valence electrons. The Morgan fingerprint density at radius 3 is 2.93 bits per heavy atom. The number of rotatable bonds is 4. The highest BCUT2D eigenvalue weighted by Crippen LogP contribution is 2.32. The molecule has 0 amide bonds. The number of hydrogen-bond donors (Lipinski definition) is 1. The van der Waals surface area contributed by atoms with Crippen LogP contribution in [0.4, 0.5) is 11.4 Å². The van der Waals surface area contributed by atoms with Gasteiger partial charge in [0.15, 0.2) is 0 Å². The molecule has 0 spiro atoms. The number of nitrogens with zero attached hydrogens (tertiary/aromatic N) is 1. The predicted molar refractivity (Wildman–Crippen MR) is 60.8 cm³/mol. The second kappa shape index (κ2) is 4.09. The molecule has 1 saturated carbocycles. The van der Waals surface area contributed by atoms with Crippen molar-refractivity contribution in [1.82, 2.24) is 0 Å². The van der Waals surface area contributed by atoms with Gasteiger partial charge in [-0.15, -0.1) is 4.91 Å². The summed E-state index contributed by atoms with van der Waals surface area (Å²) in [5, 5.41) is 6.23. The van der Waals surface area contributed by atoms with E-state index in [1.165, 1.54) is 12.8 Å². The molecular formula is C10H11BrN2O. The zero-order chi connectivity index (χ0) is 9.97. The first-order chi connectivity index (χ1) is 6.79.